The zero-order chi connectivity index (χ0) is 20.9. The molecule has 1 amide bonds. The molecule has 0 N–H and O–H groups in total. The summed E-state index contributed by atoms with van der Waals surface area (Å²) in [6.45, 7) is 3.79. The average Bonchev–Trinajstić information content (AvgIpc) is 3.19. The maximum Gasteiger partial charge on any atom is 0.409 e. The Kier molecular flexibility index (Phi) is 6.86. The van der Waals surface area contributed by atoms with Crippen molar-refractivity contribution < 1.29 is 27.2 Å². The average molecular weight is 423 g/mol. The number of nitrogens with zero attached hydrogens (tertiary/aromatic N) is 3. The number of hydrogen-bond acceptors (Lipinski definition) is 8. The number of likely N-dealkylation sites (tertiary alicyclic amines) is 1. The van der Waals surface area contributed by atoms with Gasteiger partial charge in [-0.25, -0.2) is 13.2 Å². The third kappa shape index (κ3) is 5.77. The predicted molar refractivity (Wildman–Crippen MR) is 104 cm³/mol. The van der Waals surface area contributed by atoms with Crippen LogP contribution in [0.15, 0.2) is 33.7 Å². The van der Waals surface area contributed by atoms with E-state index in [1.807, 2.05) is 6.92 Å². The largest absolute Gasteiger partial charge is 0.449 e. The van der Waals surface area contributed by atoms with E-state index in [1.165, 1.54) is 12.1 Å². The van der Waals surface area contributed by atoms with Crippen LogP contribution in [0.1, 0.15) is 32.0 Å². The lowest BCUT2D eigenvalue weighted by Gasteiger charge is -2.30. The van der Waals surface area contributed by atoms with E-state index in [2.05, 4.69) is 10.1 Å². The Morgan fingerprint density at radius 1 is 1.24 bits per heavy atom. The molecule has 29 heavy (non-hydrogen) atoms. The second-order valence-corrected chi connectivity index (χ2v) is 8.94. The first-order chi connectivity index (χ1) is 13.9. The van der Waals surface area contributed by atoms with Crippen molar-refractivity contribution in [3.05, 3.63) is 30.1 Å². The minimum atomic E-state index is -3.25. The number of carbonyl (C=O) groups excluding carboxylic acids is 1. The molecule has 3 rings (SSSR count). The first kappa shape index (κ1) is 21.3. The fourth-order valence-electron chi connectivity index (χ4n) is 2.95. The molecule has 0 saturated carbocycles. The highest BCUT2D eigenvalue weighted by Crippen LogP contribution is 2.21. The summed E-state index contributed by atoms with van der Waals surface area (Å²) < 4.78 is 39.3. The zero-order valence-electron chi connectivity index (χ0n) is 16.5. The maximum atomic E-state index is 11.9. The van der Waals surface area contributed by atoms with Crippen LogP contribution in [0.4, 0.5) is 4.79 Å². The van der Waals surface area contributed by atoms with E-state index in [-0.39, 0.29) is 23.7 Å². The van der Waals surface area contributed by atoms with Crippen molar-refractivity contribution in [2.24, 2.45) is 0 Å². The molecule has 10 heteroatoms. The molecule has 0 radical (unpaired) electrons. The molecule has 1 fully saturated rings. The Balaban J connectivity index is 1.48. The van der Waals surface area contributed by atoms with Crippen LogP contribution in [-0.4, -0.2) is 61.6 Å². The lowest BCUT2D eigenvalue weighted by Crippen LogP contribution is -2.41. The van der Waals surface area contributed by atoms with E-state index >= 15 is 0 Å². The summed E-state index contributed by atoms with van der Waals surface area (Å²) in [5.41, 5.74) is 0.634. The fraction of sp³-hybridized carbons (Fsp3) is 0.526. The number of amides is 1. The standard InChI is InChI=1S/C19H25N3O6S/c1-3-12-26-19(23)22-10-8-15(9-11-22)27-13-17-20-18(28-21-17)14-4-6-16(7-5-14)29(2,24)25/h4-7,15H,3,8-13H2,1-2H3. The van der Waals surface area contributed by atoms with E-state index in [4.69, 9.17) is 14.0 Å². The zero-order valence-corrected chi connectivity index (χ0v) is 17.4. The van der Waals surface area contributed by atoms with E-state index in [1.54, 1.807) is 17.0 Å². The van der Waals surface area contributed by atoms with Gasteiger partial charge in [0.05, 0.1) is 17.6 Å². The fourth-order valence-corrected chi connectivity index (χ4v) is 3.58. The summed E-state index contributed by atoms with van der Waals surface area (Å²) >= 11 is 0. The monoisotopic (exact) mass is 423 g/mol. The molecule has 1 aromatic heterocycles. The SMILES string of the molecule is CCCOC(=O)N1CCC(OCc2noc(-c3ccc(S(C)(=O)=O)cc3)n2)CC1. The van der Waals surface area contributed by atoms with Gasteiger partial charge in [0, 0.05) is 24.9 Å². The van der Waals surface area contributed by atoms with Crippen molar-refractivity contribution in [2.45, 2.75) is 43.8 Å². The first-order valence-electron chi connectivity index (χ1n) is 9.53. The third-order valence-electron chi connectivity index (χ3n) is 4.58. The van der Waals surface area contributed by atoms with Crippen molar-refractivity contribution >= 4 is 15.9 Å². The first-order valence-corrected chi connectivity index (χ1v) is 11.4. The van der Waals surface area contributed by atoms with Crippen molar-refractivity contribution in [3.63, 3.8) is 0 Å². The van der Waals surface area contributed by atoms with Crippen LogP contribution in [0.25, 0.3) is 11.5 Å². The van der Waals surface area contributed by atoms with Gasteiger partial charge in [-0.1, -0.05) is 12.1 Å². The number of benzene rings is 1. The minimum absolute atomic E-state index is 0.0150. The van der Waals surface area contributed by atoms with E-state index < -0.39 is 9.84 Å². The Bertz CT molecular complexity index is 918. The summed E-state index contributed by atoms with van der Waals surface area (Å²) in [6, 6.07) is 6.26. The number of carbonyl (C=O) groups is 1. The van der Waals surface area contributed by atoms with Crippen LogP contribution in [0, 0.1) is 0 Å². The molecule has 2 heterocycles. The van der Waals surface area contributed by atoms with Crippen LogP contribution in [-0.2, 0) is 25.9 Å². The number of piperidine rings is 1. The molecule has 0 bridgehead atoms. The summed E-state index contributed by atoms with van der Waals surface area (Å²) in [5.74, 6) is 0.717. The lowest BCUT2D eigenvalue weighted by molar-refractivity contribution is -0.00626. The van der Waals surface area contributed by atoms with Gasteiger partial charge >= 0.3 is 6.09 Å². The highest BCUT2D eigenvalue weighted by molar-refractivity contribution is 7.90. The Morgan fingerprint density at radius 3 is 2.55 bits per heavy atom. The maximum absolute atomic E-state index is 11.9. The highest BCUT2D eigenvalue weighted by atomic mass is 32.2. The second-order valence-electron chi connectivity index (χ2n) is 6.92. The third-order valence-corrected chi connectivity index (χ3v) is 5.70. The molecule has 1 aromatic carbocycles. The smallest absolute Gasteiger partial charge is 0.409 e. The van der Waals surface area contributed by atoms with Crippen molar-refractivity contribution in [2.75, 3.05) is 26.0 Å². The summed E-state index contributed by atoms with van der Waals surface area (Å²) in [4.78, 5) is 18.1. The number of hydrogen-bond donors (Lipinski definition) is 0. The van der Waals surface area contributed by atoms with Crippen LogP contribution in [0.3, 0.4) is 0 Å². The van der Waals surface area contributed by atoms with Crippen molar-refractivity contribution in [3.8, 4) is 11.5 Å². The Morgan fingerprint density at radius 2 is 1.93 bits per heavy atom. The summed E-state index contributed by atoms with van der Waals surface area (Å²) in [6.07, 6.45) is 3.15. The molecule has 0 atom stereocenters. The number of sulfone groups is 1. The topological polar surface area (TPSA) is 112 Å². The number of rotatable bonds is 7. The van der Waals surface area contributed by atoms with Crippen LogP contribution < -0.4 is 0 Å². The van der Waals surface area contributed by atoms with Gasteiger partial charge in [0.1, 0.15) is 6.61 Å². The van der Waals surface area contributed by atoms with Crippen LogP contribution >= 0.6 is 0 Å². The van der Waals surface area contributed by atoms with Crippen LogP contribution in [0.5, 0.6) is 0 Å². The van der Waals surface area contributed by atoms with E-state index in [0.717, 1.165) is 25.5 Å². The van der Waals surface area contributed by atoms with Crippen LogP contribution in [0.2, 0.25) is 0 Å². The minimum Gasteiger partial charge on any atom is -0.449 e. The van der Waals surface area contributed by atoms with Gasteiger partial charge in [-0.05, 0) is 43.5 Å². The molecule has 0 unspecified atom stereocenters. The quantitative estimate of drug-likeness (QED) is 0.668. The lowest BCUT2D eigenvalue weighted by atomic mass is 10.1. The Labute approximate surface area is 169 Å². The molecule has 1 saturated heterocycles. The molecule has 1 aliphatic heterocycles. The van der Waals surface area contributed by atoms with Crippen molar-refractivity contribution in [1.29, 1.82) is 0 Å². The molecule has 158 valence electrons. The van der Waals surface area contributed by atoms with E-state index in [9.17, 15) is 13.2 Å². The molecule has 0 aliphatic carbocycles. The summed E-state index contributed by atoms with van der Waals surface area (Å²) in [7, 11) is -3.25. The molecule has 1 aliphatic rings. The molecular formula is C19H25N3O6S. The van der Waals surface area contributed by atoms with Gasteiger partial charge in [0.15, 0.2) is 15.7 Å². The van der Waals surface area contributed by atoms with Gasteiger partial charge in [-0.2, -0.15) is 4.98 Å². The van der Waals surface area contributed by atoms with E-state index in [0.29, 0.717) is 37.0 Å². The normalized spacial score (nSPS) is 15.4. The number of ether oxygens (including phenoxy) is 2. The predicted octanol–water partition coefficient (Wildman–Crippen LogP) is 2.67. The number of aromatic nitrogens is 2. The molecule has 0 spiro atoms. The van der Waals surface area contributed by atoms with Gasteiger partial charge in [-0.3, -0.25) is 0 Å². The second kappa shape index (κ2) is 9.36. The molecule has 2 aromatic rings. The highest BCUT2D eigenvalue weighted by Gasteiger charge is 2.24. The van der Waals surface area contributed by atoms with Crippen molar-refractivity contribution in [1.82, 2.24) is 15.0 Å². The van der Waals surface area contributed by atoms with Gasteiger partial charge in [-0.15, -0.1) is 0 Å². The summed E-state index contributed by atoms with van der Waals surface area (Å²) in [5, 5.41) is 3.91. The Hall–Kier alpha value is -2.46. The molecule has 9 nitrogen and oxygen atoms in total. The van der Waals surface area contributed by atoms with Gasteiger partial charge in [0.25, 0.3) is 5.89 Å². The molecular weight excluding hydrogens is 398 g/mol. The van der Waals surface area contributed by atoms with Gasteiger partial charge < -0.3 is 18.9 Å². The van der Waals surface area contributed by atoms with Gasteiger partial charge in [0.2, 0.25) is 0 Å².